The molecule has 1 aliphatic rings. The lowest BCUT2D eigenvalue weighted by molar-refractivity contribution is -0.0442. The molecule has 0 aliphatic carbocycles. The van der Waals surface area contributed by atoms with Crippen molar-refractivity contribution in [2.75, 3.05) is 0 Å². The first-order valence-electron chi connectivity index (χ1n) is 7.23. The number of carbonyl (C=O) groups excluding carboxylic acids is 1. The summed E-state index contributed by atoms with van der Waals surface area (Å²) in [7, 11) is 0. The highest BCUT2D eigenvalue weighted by atomic mass is 16.7. The maximum Gasteiger partial charge on any atom is 0.269 e. The highest BCUT2D eigenvalue weighted by Crippen LogP contribution is 2.47. The molecule has 23 heavy (non-hydrogen) atoms. The third-order valence-electron chi connectivity index (χ3n) is 3.38. The molecule has 0 aromatic heterocycles. The number of nitrogen functional groups attached to an aromatic ring is 1. The molecule has 1 heterocycles. The summed E-state index contributed by atoms with van der Waals surface area (Å²) in [5, 5.41) is 0. The van der Waals surface area contributed by atoms with Crippen LogP contribution < -0.4 is 25.5 Å². The van der Waals surface area contributed by atoms with Crippen LogP contribution in [0, 0.1) is 0 Å². The molecule has 2 aromatic carbocycles. The van der Waals surface area contributed by atoms with Gasteiger partial charge in [-0.15, -0.1) is 0 Å². The summed E-state index contributed by atoms with van der Waals surface area (Å²) >= 11 is 0. The van der Waals surface area contributed by atoms with E-state index in [2.05, 4.69) is 5.43 Å². The second-order valence-corrected chi connectivity index (χ2v) is 5.62. The largest absolute Gasteiger partial charge is 0.484 e. The first-order chi connectivity index (χ1) is 11.0. The second-order valence-electron chi connectivity index (χ2n) is 5.62. The molecule has 0 spiro atoms. The van der Waals surface area contributed by atoms with Crippen LogP contribution in [0.1, 0.15) is 29.8 Å². The topological polar surface area (TPSA) is 82.8 Å². The number of benzene rings is 2. The van der Waals surface area contributed by atoms with E-state index in [4.69, 9.17) is 20.1 Å². The van der Waals surface area contributed by atoms with Gasteiger partial charge in [-0.25, -0.2) is 5.84 Å². The lowest BCUT2D eigenvalue weighted by Gasteiger charge is -2.17. The predicted octanol–water partition coefficient (Wildman–Crippen LogP) is 2.38. The maximum absolute atomic E-state index is 12.0. The van der Waals surface area contributed by atoms with Gasteiger partial charge in [0, 0.05) is 13.8 Å². The Morgan fingerprint density at radius 1 is 1.17 bits per heavy atom. The summed E-state index contributed by atoms with van der Waals surface area (Å²) < 4.78 is 17.3. The smallest absolute Gasteiger partial charge is 0.269 e. The number of carbonyl (C=O) groups is 1. The van der Waals surface area contributed by atoms with Crippen LogP contribution in [0.25, 0.3) is 0 Å². The zero-order valence-corrected chi connectivity index (χ0v) is 13.0. The van der Waals surface area contributed by atoms with Gasteiger partial charge in [-0.05, 0) is 17.7 Å². The minimum Gasteiger partial charge on any atom is -0.484 e. The zero-order chi connectivity index (χ0) is 16.4. The molecule has 0 bridgehead atoms. The normalized spacial score (nSPS) is 14.4. The average Bonchev–Trinajstić information content (AvgIpc) is 2.87. The van der Waals surface area contributed by atoms with E-state index in [0.717, 1.165) is 5.56 Å². The fourth-order valence-electron chi connectivity index (χ4n) is 2.38. The Labute approximate surface area is 134 Å². The molecule has 0 saturated carbocycles. The van der Waals surface area contributed by atoms with E-state index >= 15 is 0 Å². The summed E-state index contributed by atoms with van der Waals surface area (Å²) in [4.78, 5) is 12.0. The highest BCUT2D eigenvalue weighted by Gasteiger charge is 2.36. The van der Waals surface area contributed by atoms with Gasteiger partial charge in [0.15, 0.2) is 11.5 Å². The summed E-state index contributed by atoms with van der Waals surface area (Å²) in [5.74, 6) is 5.25. The van der Waals surface area contributed by atoms with E-state index in [0.29, 0.717) is 29.4 Å². The number of hydrazine groups is 1. The Hall–Kier alpha value is -2.73. The van der Waals surface area contributed by atoms with E-state index in [1.165, 1.54) is 0 Å². The molecule has 3 N–H and O–H groups in total. The number of ether oxygens (including phenoxy) is 3. The molecule has 0 saturated heterocycles. The molecule has 2 aromatic rings. The second kappa shape index (κ2) is 5.81. The molecule has 0 atom stereocenters. The monoisotopic (exact) mass is 314 g/mol. The van der Waals surface area contributed by atoms with Crippen molar-refractivity contribution in [3.63, 3.8) is 0 Å². The van der Waals surface area contributed by atoms with Gasteiger partial charge in [-0.1, -0.05) is 30.3 Å². The standard InChI is InChI=1S/C17H18N2O4/c1-17(2)22-13-9-8-12(16(20)19-18)14(15(13)23-17)21-10-11-6-4-3-5-7-11/h3-9H,10,18H2,1-2H3,(H,19,20). The van der Waals surface area contributed by atoms with Crippen molar-refractivity contribution >= 4 is 5.91 Å². The molecular formula is C17H18N2O4. The van der Waals surface area contributed by atoms with Crippen LogP contribution in [0.4, 0.5) is 0 Å². The molecular weight excluding hydrogens is 296 g/mol. The van der Waals surface area contributed by atoms with Crippen molar-refractivity contribution in [2.45, 2.75) is 26.2 Å². The minimum absolute atomic E-state index is 0.295. The van der Waals surface area contributed by atoms with E-state index in [1.807, 2.05) is 30.3 Å². The third kappa shape index (κ3) is 3.07. The van der Waals surface area contributed by atoms with E-state index in [1.54, 1.807) is 26.0 Å². The van der Waals surface area contributed by atoms with Crippen molar-refractivity contribution < 1.29 is 19.0 Å². The summed E-state index contributed by atoms with van der Waals surface area (Å²) in [5.41, 5.74) is 3.39. The molecule has 6 nitrogen and oxygen atoms in total. The maximum atomic E-state index is 12.0. The molecule has 6 heteroatoms. The van der Waals surface area contributed by atoms with Gasteiger partial charge >= 0.3 is 0 Å². The Morgan fingerprint density at radius 2 is 1.91 bits per heavy atom. The van der Waals surface area contributed by atoms with Crippen LogP contribution in [0.2, 0.25) is 0 Å². The zero-order valence-electron chi connectivity index (χ0n) is 13.0. The Morgan fingerprint density at radius 3 is 2.61 bits per heavy atom. The molecule has 120 valence electrons. The first kappa shape index (κ1) is 15.2. The van der Waals surface area contributed by atoms with Gasteiger partial charge in [-0.3, -0.25) is 10.2 Å². The van der Waals surface area contributed by atoms with Crippen LogP contribution in [-0.2, 0) is 6.61 Å². The summed E-state index contributed by atoms with van der Waals surface area (Å²) in [6, 6.07) is 12.9. The van der Waals surface area contributed by atoms with E-state index < -0.39 is 11.7 Å². The third-order valence-corrected chi connectivity index (χ3v) is 3.38. The average molecular weight is 314 g/mol. The fraction of sp³-hybridized carbons (Fsp3) is 0.235. The van der Waals surface area contributed by atoms with Gasteiger partial charge in [0.2, 0.25) is 11.5 Å². The Kier molecular flexibility index (Phi) is 3.83. The van der Waals surface area contributed by atoms with Crippen molar-refractivity contribution in [1.29, 1.82) is 0 Å². The Bertz CT molecular complexity index is 729. The predicted molar refractivity (Wildman–Crippen MR) is 84.2 cm³/mol. The van der Waals surface area contributed by atoms with E-state index in [-0.39, 0.29) is 0 Å². The highest BCUT2D eigenvalue weighted by molar-refractivity contribution is 5.98. The van der Waals surface area contributed by atoms with E-state index in [9.17, 15) is 4.79 Å². The number of fused-ring (bicyclic) bond motifs is 1. The molecule has 0 unspecified atom stereocenters. The number of nitrogens with two attached hydrogens (primary N) is 1. The van der Waals surface area contributed by atoms with Crippen LogP contribution >= 0.6 is 0 Å². The molecule has 0 fully saturated rings. The van der Waals surface area contributed by atoms with Gasteiger partial charge in [0.05, 0.1) is 5.56 Å². The van der Waals surface area contributed by atoms with Crippen molar-refractivity contribution in [3.05, 3.63) is 53.6 Å². The first-order valence-corrected chi connectivity index (χ1v) is 7.23. The van der Waals surface area contributed by atoms with Crippen LogP contribution in [-0.4, -0.2) is 11.7 Å². The number of amides is 1. The summed E-state index contributed by atoms with van der Waals surface area (Å²) in [6.07, 6.45) is 0. The molecule has 3 rings (SSSR count). The quantitative estimate of drug-likeness (QED) is 0.514. The minimum atomic E-state index is -0.814. The van der Waals surface area contributed by atoms with Crippen LogP contribution in [0.15, 0.2) is 42.5 Å². The molecule has 1 amide bonds. The molecule has 1 aliphatic heterocycles. The van der Waals surface area contributed by atoms with Gasteiger partial charge in [-0.2, -0.15) is 0 Å². The summed E-state index contributed by atoms with van der Waals surface area (Å²) in [6.45, 7) is 3.87. The number of rotatable bonds is 4. The molecule has 0 radical (unpaired) electrons. The lowest BCUT2D eigenvalue weighted by atomic mass is 10.1. The fourth-order valence-corrected chi connectivity index (χ4v) is 2.38. The number of hydrogen-bond acceptors (Lipinski definition) is 5. The van der Waals surface area contributed by atoms with Gasteiger partial charge in [0.1, 0.15) is 6.61 Å². The SMILES string of the molecule is CC1(C)Oc2ccc(C(=O)NN)c(OCc3ccccc3)c2O1. The number of hydrogen-bond donors (Lipinski definition) is 2. The van der Waals surface area contributed by atoms with Gasteiger partial charge in [0.25, 0.3) is 5.91 Å². The van der Waals surface area contributed by atoms with Crippen LogP contribution in [0.5, 0.6) is 17.2 Å². The Balaban J connectivity index is 1.96. The lowest BCUT2D eigenvalue weighted by Crippen LogP contribution is -2.30. The van der Waals surface area contributed by atoms with Crippen molar-refractivity contribution in [1.82, 2.24) is 5.43 Å². The van der Waals surface area contributed by atoms with Crippen molar-refractivity contribution in [3.8, 4) is 17.2 Å². The van der Waals surface area contributed by atoms with Crippen LogP contribution in [0.3, 0.4) is 0 Å². The number of nitrogens with one attached hydrogen (secondary N) is 1. The van der Waals surface area contributed by atoms with Gasteiger partial charge < -0.3 is 14.2 Å². The van der Waals surface area contributed by atoms with Crippen molar-refractivity contribution in [2.24, 2.45) is 5.84 Å².